The van der Waals surface area contributed by atoms with E-state index in [2.05, 4.69) is 17.2 Å². The van der Waals surface area contributed by atoms with E-state index in [1.54, 1.807) is 24.3 Å². The van der Waals surface area contributed by atoms with Crippen LogP contribution < -0.4 is 10.0 Å². The number of amides is 1. The molecule has 3 aromatic rings. The Labute approximate surface area is 223 Å². The van der Waals surface area contributed by atoms with Gasteiger partial charge in [-0.05, 0) is 42.7 Å². The van der Waals surface area contributed by atoms with E-state index in [0.29, 0.717) is 30.2 Å². The van der Waals surface area contributed by atoms with Crippen molar-refractivity contribution in [2.45, 2.75) is 51.1 Å². The summed E-state index contributed by atoms with van der Waals surface area (Å²) in [5.41, 5.74) is -4.34. The molecule has 1 aromatic heterocycles. The molecule has 2 aromatic carbocycles. The van der Waals surface area contributed by atoms with Crippen LogP contribution in [0.2, 0.25) is 5.15 Å². The summed E-state index contributed by atoms with van der Waals surface area (Å²) in [7, 11) is -5.70. The molecule has 0 radical (unpaired) electrons. The van der Waals surface area contributed by atoms with Gasteiger partial charge in [-0.2, -0.15) is 21.6 Å². The van der Waals surface area contributed by atoms with E-state index in [4.69, 9.17) is 11.6 Å². The highest BCUT2D eigenvalue weighted by Crippen LogP contribution is 2.28. The van der Waals surface area contributed by atoms with Crippen molar-refractivity contribution in [3.8, 4) is 0 Å². The third-order valence-corrected chi connectivity index (χ3v) is 7.03. The Morgan fingerprint density at radius 1 is 1.11 bits per heavy atom. The molecular formula is C25H26ClF3N4O4S. The van der Waals surface area contributed by atoms with Gasteiger partial charge in [0, 0.05) is 25.1 Å². The van der Waals surface area contributed by atoms with Crippen LogP contribution in [0.4, 0.5) is 24.5 Å². The van der Waals surface area contributed by atoms with E-state index in [9.17, 15) is 31.2 Å². The van der Waals surface area contributed by atoms with E-state index in [1.165, 1.54) is 22.9 Å². The van der Waals surface area contributed by atoms with Gasteiger partial charge in [0.05, 0.1) is 16.9 Å². The number of para-hydroxylation sites is 1. The molecule has 1 amide bonds. The summed E-state index contributed by atoms with van der Waals surface area (Å²) in [5.74, 6) is 0.0191. The summed E-state index contributed by atoms with van der Waals surface area (Å²) in [6.07, 6.45) is 4.21. The molecule has 1 heterocycles. The fourth-order valence-corrected chi connectivity index (χ4v) is 4.58. The molecule has 0 unspecified atom stereocenters. The molecule has 13 heteroatoms. The number of imidazole rings is 1. The number of rotatable bonds is 12. The minimum absolute atomic E-state index is 0.280. The Hall–Kier alpha value is -3.38. The average molecular weight is 571 g/mol. The largest absolute Gasteiger partial charge is 0.516 e. The summed E-state index contributed by atoms with van der Waals surface area (Å²) < 4.78 is 64.8. The highest BCUT2D eigenvalue weighted by Gasteiger charge is 2.46. The van der Waals surface area contributed by atoms with Gasteiger partial charge in [0.1, 0.15) is 12.1 Å². The molecule has 0 bridgehead atoms. The smallest absolute Gasteiger partial charge is 0.326 e. The lowest BCUT2D eigenvalue weighted by Crippen LogP contribution is -2.30. The fraction of sp³-hybridized carbons (Fsp3) is 0.320. The number of unbranched alkanes of at least 4 members (excludes halogenated alkanes) is 1. The zero-order valence-electron chi connectivity index (χ0n) is 20.4. The topological polar surface area (TPSA) is 110 Å². The maximum Gasteiger partial charge on any atom is 0.516 e. The molecular weight excluding hydrogens is 545 g/mol. The van der Waals surface area contributed by atoms with Gasteiger partial charge in [-0.3, -0.25) is 9.52 Å². The van der Waals surface area contributed by atoms with Crippen molar-refractivity contribution >= 4 is 45.2 Å². The Morgan fingerprint density at radius 2 is 1.79 bits per heavy atom. The molecule has 3 rings (SSSR count). The average Bonchev–Trinajstić information content (AvgIpc) is 3.15. The van der Waals surface area contributed by atoms with Gasteiger partial charge in [-0.15, -0.1) is 0 Å². The second-order valence-electron chi connectivity index (χ2n) is 8.41. The fourth-order valence-electron chi connectivity index (χ4n) is 3.70. The zero-order valence-corrected chi connectivity index (χ0v) is 22.0. The lowest BCUT2D eigenvalue weighted by atomic mass is 10.1. The summed E-state index contributed by atoms with van der Waals surface area (Å²) in [6.45, 7) is 2.50. The van der Waals surface area contributed by atoms with Gasteiger partial charge >= 0.3 is 15.5 Å². The van der Waals surface area contributed by atoms with Crippen molar-refractivity contribution in [2.75, 3.05) is 10.0 Å². The lowest BCUT2D eigenvalue weighted by molar-refractivity contribution is -0.107. The molecule has 0 atom stereocenters. The predicted octanol–water partition coefficient (Wildman–Crippen LogP) is 5.57. The highest BCUT2D eigenvalue weighted by atomic mass is 35.5. The molecule has 0 aliphatic rings. The second-order valence-corrected chi connectivity index (χ2v) is 10.4. The number of hydrogen-bond donors (Lipinski definition) is 2. The zero-order chi connectivity index (χ0) is 27.9. The van der Waals surface area contributed by atoms with Crippen molar-refractivity contribution in [1.82, 2.24) is 9.55 Å². The van der Waals surface area contributed by atoms with Crippen LogP contribution in [0.5, 0.6) is 0 Å². The number of aldehydes is 1. The lowest BCUT2D eigenvalue weighted by Gasteiger charge is -2.15. The van der Waals surface area contributed by atoms with E-state index >= 15 is 0 Å². The number of carbonyl (C=O) groups excluding carboxylic acids is 2. The van der Waals surface area contributed by atoms with Crippen molar-refractivity contribution < 1.29 is 31.2 Å². The maximum absolute atomic E-state index is 12.8. The minimum Gasteiger partial charge on any atom is -0.326 e. The van der Waals surface area contributed by atoms with Gasteiger partial charge in [-0.25, -0.2) is 4.98 Å². The molecule has 38 heavy (non-hydrogen) atoms. The van der Waals surface area contributed by atoms with E-state index in [0.717, 1.165) is 48.7 Å². The van der Waals surface area contributed by atoms with Crippen LogP contribution in [0, 0.1) is 0 Å². The number of nitrogens with zero attached hydrogens (tertiary/aromatic N) is 2. The third-order valence-electron chi connectivity index (χ3n) is 5.63. The van der Waals surface area contributed by atoms with E-state index in [1.807, 2.05) is 4.57 Å². The number of aryl methyl sites for hydroxylation is 1. The first-order valence-electron chi connectivity index (χ1n) is 11.7. The quantitative estimate of drug-likeness (QED) is 0.277. The second kappa shape index (κ2) is 12.4. The number of hydrogen-bond acceptors (Lipinski definition) is 5. The number of nitrogens with one attached hydrogen (secondary N) is 2. The molecule has 0 saturated carbocycles. The van der Waals surface area contributed by atoms with Crippen LogP contribution in [0.15, 0.2) is 48.5 Å². The SMILES string of the molecule is CCCCc1nc(Cl)c(CCC=O)n1Cc1ccc(NC(=O)c2ccccc2NS(=O)(=O)C(F)(F)F)cc1. The highest BCUT2D eigenvalue weighted by molar-refractivity contribution is 7.93. The first-order chi connectivity index (χ1) is 18.0. The summed E-state index contributed by atoms with van der Waals surface area (Å²) in [4.78, 5) is 28.1. The number of anilines is 2. The van der Waals surface area contributed by atoms with Gasteiger partial charge < -0.3 is 14.7 Å². The van der Waals surface area contributed by atoms with E-state index < -0.39 is 27.1 Å². The first kappa shape index (κ1) is 29.2. The van der Waals surface area contributed by atoms with Crippen molar-refractivity contribution in [2.24, 2.45) is 0 Å². The number of alkyl halides is 3. The minimum atomic E-state index is -5.70. The van der Waals surface area contributed by atoms with Crippen LogP contribution >= 0.6 is 11.6 Å². The normalized spacial score (nSPS) is 11.8. The molecule has 2 N–H and O–H groups in total. The van der Waals surface area contributed by atoms with Crippen LogP contribution in [-0.4, -0.2) is 35.7 Å². The number of sulfonamides is 1. The predicted molar refractivity (Wildman–Crippen MR) is 139 cm³/mol. The third kappa shape index (κ3) is 7.13. The van der Waals surface area contributed by atoms with Gasteiger partial charge in [0.25, 0.3) is 5.91 Å². The van der Waals surface area contributed by atoms with Crippen LogP contribution in [0.25, 0.3) is 0 Å². The standard InChI is InChI=1S/C25H26ClF3N4O4S/c1-2-3-10-22-31-23(26)21(9-6-15-34)33(22)16-17-11-13-18(14-12-17)30-24(35)19-7-4-5-8-20(19)32-38(36,37)25(27,28)29/h4-5,7-8,11-15,32H,2-3,6,9-10,16H2,1H3,(H,30,35). The Bertz CT molecular complexity index is 1390. The van der Waals surface area contributed by atoms with Crippen LogP contribution in [-0.2, 0) is 34.2 Å². The van der Waals surface area contributed by atoms with Crippen molar-refractivity contribution in [3.63, 3.8) is 0 Å². The summed E-state index contributed by atoms with van der Waals surface area (Å²) in [5, 5.41) is 2.93. The molecule has 8 nitrogen and oxygen atoms in total. The molecule has 0 aliphatic heterocycles. The van der Waals surface area contributed by atoms with Crippen molar-refractivity contribution in [3.05, 3.63) is 76.3 Å². The van der Waals surface area contributed by atoms with Gasteiger partial charge in [-0.1, -0.05) is 49.2 Å². The van der Waals surface area contributed by atoms with Crippen LogP contribution in [0.3, 0.4) is 0 Å². The Balaban J connectivity index is 1.78. The molecule has 0 fully saturated rings. The monoisotopic (exact) mass is 570 g/mol. The van der Waals surface area contributed by atoms with Gasteiger partial charge in [0.15, 0.2) is 5.15 Å². The van der Waals surface area contributed by atoms with E-state index in [-0.39, 0.29) is 5.56 Å². The summed E-state index contributed by atoms with van der Waals surface area (Å²) in [6, 6.07) is 11.7. The molecule has 0 aliphatic carbocycles. The molecule has 0 saturated heterocycles. The number of carbonyl (C=O) groups is 2. The maximum atomic E-state index is 12.8. The Kier molecular flexibility index (Phi) is 9.55. The summed E-state index contributed by atoms with van der Waals surface area (Å²) >= 11 is 6.35. The number of halogens is 4. The molecule has 204 valence electrons. The number of benzene rings is 2. The number of aromatic nitrogens is 2. The molecule has 0 spiro atoms. The Morgan fingerprint density at radius 3 is 2.42 bits per heavy atom. The van der Waals surface area contributed by atoms with Gasteiger partial charge in [0.2, 0.25) is 0 Å². The first-order valence-corrected chi connectivity index (χ1v) is 13.6. The van der Waals surface area contributed by atoms with Crippen LogP contribution in [0.1, 0.15) is 53.6 Å². The van der Waals surface area contributed by atoms with Crippen molar-refractivity contribution in [1.29, 1.82) is 0 Å².